The number of carboxylic acid groups (broad SMARTS) is 1. The van der Waals surface area contributed by atoms with E-state index in [0.29, 0.717) is 13.0 Å². The van der Waals surface area contributed by atoms with Crippen LogP contribution in [0.5, 0.6) is 0 Å². The van der Waals surface area contributed by atoms with Crippen molar-refractivity contribution in [3.8, 4) is 0 Å². The number of carbonyl (C=O) groups excluding carboxylic acids is 1. The summed E-state index contributed by atoms with van der Waals surface area (Å²) in [4.78, 5) is 22.2. The van der Waals surface area contributed by atoms with E-state index in [1.165, 1.54) is 0 Å². The van der Waals surface area contributed by atoms with E-state index in [9.17, 15) is 9.59 Å². The van der Waals surface area contributed by atoms with E-state index in [1.54, 1.807) is 0 Å². The van der Waals surface area contributed by atoms with Crippen molar-refractivity contribution in [3.05, 3.63) is 0 Å². The Balaban J connectivity index is 2.29. The Hall–Kier alpha value is -1.30. The van der Waals surface area contributed by atoms with E-state index in [4.69, 9.17) is 9.84 Å². The Bertz CT molecular complexity index is 300. The maximum absolute atomic E-state index is 11.6. The minimum absolute atomic E-state index is 0.0578. The van der Waals surface area contributed by atoms with Crippen LogP contribution in [0.2, 0.25) is 0 Å². The van der Waals surface area contributed by atoms with Gasteiger partial charge in [0, 0.05) is 19.2 Å². The van der Waals surface area contributed by atoms with Gasteiger partial charge in [-0.2, -0.15) is 0 Å². The predicted octanol–water partition coefficient (Wildman–Crippen LogP) is 1.11. The normalized spacial score (nSPS) is 24.6. The van der Waals surface area contributed by atoms with Crippen molar-refractivity contribution in [2.45, 2.75) is 51.2 Å². The first-order valence-electron chi connectivity index (χ1n) is 6.35. The summed E-state index contributed by atoms with van der Waals surface area (Å²) < 4.78 is 5.55. The fourth-order valence-electron chi connectivity index (χ4n) is 1.99. The summed E-state index contributed by atoms with van der Waals surface area (Å²) in [5.74, 6) is -0.909. The van der Waals surface area contributed by atoms with Gasteiger partial charge in [-0.1, -0.05) is 6.92 Å². The third-order valence-electron chi connectivity index (χ3n) is 3.17. The number of amides is 2. The number of hydrogen-bond donors (Lipinski definition) is 3. The Morgan fingerprint density at radius 1 is 1.50 bits per heavy atom. The fraction of sp³-hybridized carbons (Fsp3) is 0.833. The minimum Gasteiger partial charge on any atom is -0.481 e. The molecule has 0 aromatic carbocycles. The van der Waals surface area contributed by atoms with Gasteiger partial charge in [-0.15, -0.1) is 0 Å². The molecule has 1 saturated heterocycles. The summed E-state index contributed by atoms with van der Waals surface area (Å²) in [5, 5.41) is 14.1. The van der Waals surface area contributed by atoms with Gasteiger partial charge in [-0.05, 0) is 26.2 Å². The number of carbonyl (C=O) groups is 2. The molecule has 1 heterocycles. The molecule has 0 aliphatic carbocycles. The van der Waals surface area contributed by atoms with Crippen molar-refractivity contribution in [3.63, 3.8) is 0 Å². The van der Waals surface area contributed by atoms with Gasteiger partial charge in [0.2, 0.25) is 0 Å². The Kier molecular flexibility index (Phi) is 5.40. The molecule has 0 saturated carbocycles. The van der Waals surface area contributed by atoms with Crippen LogP contribution in [0, 0.1) is 0 Å². The quantitative estimate of drug-likeness (QED) is 0.666. The lowest BCUT2D eigenvalue weighted by Gasteiger charge is -2.24. The topological polar surface area (TPSA) is 87.7 Å². The SMILES string of the molecule is CCC(CC(=O)O)NC(=O)NCC1(C)CCCO1. The summed E-state index contributed by atoms with van der Waals surface area (Å²) in [5.41, 5.74) is -0.286. The second kappa shape index (κ2) is 6.58. The molecule has 1 aliphatic rings. The van der Waals surface area contributed by atoms with Crippen molar-refractivity contribution in [2.75, 3.05) is 13.2 Å². The van der Waals surface area contributed by atoms with Gasteiger partial charge in [0.25, 0.3) is 0 Å². The van der Waals surface area contributed by atoms with E-state index in [0.717, 1.165) is 19.4 Å². The first-order valence-corrected chi connectivity index (χ1v) is 6.35. The maximum atomic E-state index is 11.6. The molecule has 3 N–H and O–H groups in total. The Morgan fingerprint density at radius 3 is 2.72 bits per heavy atom. The highest BCUT2D eigenvalue weighted by molar-refractivity contribution is 5.75. The Labute approximate surface area is 107 Å². The lowest BCUT2D eigenvalue weighted by Crippen LogP contribution is -2.47. The molecule has 0 aromatic rings. The summed E-state index contributed by atoms with van der Waals surface area (Å²) in [7, 11) is 0. The van der Waals surface area contributed by atoms with Gasteiger partial charge in [0.05, 0.1) is 12.0 Å². The van der Waals surface area contributed by atoms with Crippen LogP contribution in [0.4, 0.5) is 4.79 Å². The second-order valence-corrected chi connectivity index (χ2v) is 4.93. The lowest BCUT2D eigenvalue weighted by molar-refractivity contribution is -0.137. The zero-order chi connectivity index (χ0) is 13.6. The Morgan fingerprint density at radius 2 is 2.22 bits per heavy atom. The number of nitrogens with one attached hydrogen (secondary N) is 2. The van der Waals surface area contributed by atoms with Crippen molar-refractivity contribution >= 4 is 12.0 Å². The van der Waals surface area contributed by atoms with E-state index in [2.05, 4.69) is 10.6 Å². The highest BCUT2D eigenvalue weighted by atomic mass is 16.5. The van der Waals surface area contributed by atoms with Crippen molar-refractivity contribution in [1.29, 1.82) is 0 Å². The average molecular weight is 258 g/mol. The summed E-state index contributed by atoms with van der Waals surface area (Å²) >= 11 is 0. The third-order valence-corrected chi connectivity index (χ3v) is 3.17. The van der Waals surface area contributed by atoms with E-state index >= 15 is 0 Å². The second-order valence-electron chi connectivity index (χ2n) is 4.93. The third kappa shape index (κ3) is 4.91. The molecular formula is C12H22N2O4. The zero-order valence-corrected chi connectivity index (χ0v) is 11.0. The molecule has 1 aliphatic heterocycles. The molecule has 0 bridgehead atoms. The molecule has 0 radical (unpaired) electrons. The fourth-order valence-corrected chi connectivity index (χ4v) is 1.99. The van der Waals surface area contributed by atoms with Crippen LogP contribution in [-0.4, -0.2) is 41.9 Å². The van der Waals surface area contributed by atoms with Crippen molar-refractivity contribution in [2.24, 2.45) is 0 Å². The first-order chi connectivity index (χ1) is 8.45. The number of aliphatic carboxylic acids is 1. The van der Waals surface area contributed by atoms with E-state index < -0.39 is 5.97 Å². The minimum atomic E-state index is -0.909. The van der Waals surface area contributed by atoms with Gasteiger partial charge in [-0.25, -0.2) is 4.79 Å². The smallest absolute Gasteiger partial charge is 0.315 e. The largest absolute Gasteiger partial charge is 0.481 e. The van der Waals surface area contributed by atoms with Crippen molar-refractivity contribution < 1.29 is 19.4 Å². The molecule has 2 atom stereocenters. The monoisotopic (exact) mass is 258 g/mol. The van der Waals surface area contributed by atoms with Crippen LogP contribution in [0.25, 0.3) is 0 Å². The van der Waals surface area contributed by atoms with Crippen molar-refractivity contribution in [1.82, 2.24) is 10.6 Å². The van der Waals surface area contributed by atoms with Gasteiger partial charge >= 0.3 is 12.0 Å². The zero-order valence-electron chi connectivity index (χ0n) is 11.0. The lowest BCUT2D eigenvalue weighted by atomic mass is 10.0. The van der Waals surface area contributed by atoms with E-state index in [-0.39, 0.29) is 24.1 Å². The average Bonchev–Trinajstić information content (AvgIpc) is 2.73. The van der Waals surface area contributed by atoms with Gasteiger partial charge < -0.3 is 20.5 Å². The molecule has 1 fully saturated rings. The van der Waals surface area contributed by atoms with Crippen LogP contribution < -0.4 is 10.6 Å². The standard InChI is InChI=1S/C12H22N2O4/c1-3-9(7-10(15)16)14-11(17)13-8-12(2)5-4-6-18-12/h9H,3-8H2,1-2H3,(H,15,16)(H2,13,14,17). The molecule has 0 spiro atoms. The highest BCUT2D eigenvalue weighted by Crippen LogP contribution is 2.23. The van der Waals surface area contributed by atoms with Crippen LogP contribution >= 0.6 is 0 Å². The molecule has 104 valence electrons. The maximum Gasteiger partial charge on any atom is 0.315 e. The summed E-state index contributed by atoms with van der Waals surface area (Å²) in [6.07, 6.45) is 2.47. The number of carboxylic acids is 1. The molecule has 2 amide bonds. The molecule has 0 aromatic heterocycles. The summed E-state index contributed by atoms with van der Waals surface area (Å²) in [6.45, 7) is 4.99. The van der Waals surface area contributed by atoms with Crippen LogP contribution in [-0.2, 0) is 9.53 Å². The summed E-state index contributed by atoms with van der Waals surface area (Å²) in [6, 6.07) is -0.667. The predicted molar refractivity (Wildman–Crippen MR) is 66.5 cm³/mol. The van der Waals surface area contributed by atoms with Crippen LogP contribution in [0.1, 0.15) is 39.5 Å². The molecule has 6 heteroatoms. The van der Waals surface area contributed by atoms with Gasteiger partial charge in [-0.3, -0.25) is 4.79 Å². The number of urea groups is 1. The molecule has 1 rings (SSSR count). The highest BCUT2D eigenvalue weighted by Gasteiger charge is 2.30. The molecular weight excluding hydrogens is 236 g/mol. The van der Waals surface area contributed by atoms with Crippen LogP contribution in [0.3, 0.4) is 0 Å². The van der Waals surface area contributed by atoms with Crippen LogP contribution in [0.15, 0.2) is 0 Å². The number of ether oxygens (including phenoxy) is 1. The van der Waals surface area contributed by atoms with E-state index in [1.807, 2.05) is 13.8 Å². The molecule has 2 unspecified atom stereocenters. The first kappa shape index (κ1) is 14.8. The molecule has 18 heavy (non-hydrogen) atoms. The van der Waals surface area contributed by atoms with Gasteiger partial charge in [0.15, 0.2) is 0 Å². The molecule has 6 nitrogen and oxygen atoms in total. The number of rotatable bonds is 6. The van der Waals surface area contributed by atoms with Gasteiger partial charge in [0.1, 0.15) is 0 Å². The number of hydrogen-bond acceptors (Lipinski definition) is 3.